The van der Waals surface area contributed by atoms with Crippen molar-refractivity contribution in [2.45, 2.75) is 46.2 Å². The standard InChI is InChI=1S/C8H18O3Si.C5H12OSi/c1-5-9-12(8-4,10-6-2)11-7-3;1-7-5-3-2-4-6-7/h8H,4-7H2,1-3H3;7H,2-5H2,1H3. The van der Waals surface area contributed by atoms with Gasteiger partial charge in [-0.15, -0.1) is 0 Å². The maximum Gasteiger partial charge on any atom is 0.528 e. The van der Waals surface area contributed by atoms with Crippen LogP contribution in [-0.2, 0) is 17.7 Å². The van der Waals surface area contributed by atoms with Gasteiger partial charge in [0.05, 0.1) is 0 Å². The van der Waals surface area contributed by atoms with Gasteiger partial charge in [0.15, 0.2) is 9.04 Å². The molecule has 0 aromatic heterocycles. The van der Waals surface area contributed by atoms with Crippen molar-refractivity contribution in [3.63, 3.8) is 0 Å². The van der Waals surface area contributed by atoms with Crippen molar-refractivity contribution in [1.29, 1.82) is 0 Å². The number of hydrogen-bond donors (Lipinski definition) is 0. The average Bonchev–Trinajstić information content (AvgIpc) is 2.41. The average molecular weight is 307 g/mol. The van der Waals surface area contributed by atoms with Gasteiger partial charge in [0, 0.05) is 26.4 Å². The molecule has 0 saturated carbocycles. The molecule has 4 nitrogen and oxygen atoms in total. The molecule has 1 aliphatic heterocycles. The molecule has 0 radical (unpaired) electrons. The zero-order chi connectivity index (χ0) is 14.6. The van der Waals surface area contributed by atoms with Gasteiger partial charge in [0.25, 0.3) is 0 Å². The second-order valence-corrected chi connectivity index (χ2v) is 9.30. The SMILES string of the molecule is C=C[Si](OCC)(OCC)OCC.C[SiH]1CCCCO1. The quantitative estimate of drug-likeness (QED) is 0.678. The third kappa shape index (κ3) is 8.72. The third-order valence-corrected chi connectivity index (χ3v) is 7.29. The molecule has 1 unspecified atom stereocenters. The van der Waals surface area contributed by atoms with E-state index in [0.717, 1.165) is 6.61 Å². The molecule has 1 heterocycles. The van der Waals surface area contributed by atoms with Crippen molar-refractivity contribution in [1.82, 2.24) is 0 Å². The van der Waals surface area contributed by atoms with E-state index in [1.807, 2.05) is 20.8 Å². The van der Waals surface area contributed by atoms with E-state index in [0.29, 0.717) is 19.8 Å². The molecule has 0 aliphatic carbocycles. The number of hydrogen-bond acceptors (Lipinski definition) is 4. The molecule has 0 N–H and O–H groups in total. The summed E-state index contributed by atoms with van der Waals surface area (Å²) in [7, 11) is -3.10. The van der Waals surface area contributed by atoms with E-state index in [1.165, 1.54) is 18.9 Å². The van der Waals surface area contributed by atoms with Crippen LogP contribution in [0.1, 0.15) is 33.6 Å². The highest BCUT2D eigenvalue weighted by Crippen LogP contribution is 2.10. The predicted octanol–water partition coefficient (Wildman–Crippen LogP) is 2.91. The van der Waals surface area contributed by atoms with Crippen molar-refractivity contribution >= 4 is 17.8 Å². The van der Waals surface area contributed by atoms with E-state index in [4.69, 9.17) is 17.7 Å². The first-order valence-corrected chi connectivity index (χ1v) is 11.6. The Morgan fingerprint density at radius 1 is 1.11 bits per heavy atom. The Morgan fingerprint density at radius 2 is 1.63 bits per heavy atom. The van der Waals surface area contributed by atoms with Gasteiger partial charge >= 0.3 is 8.80 Å². The fourth-order valence-electron chi connectivity index (χ4n) is 1.81. The summed E-state index contributed by atoms with van der Waals surface area (Å²) >= 11 is 0. The minimum atomic E-state index is -2.51. The zero-order valence-electron chi connectivity index (χ0n) is 12.9. The summed E-state index contributed by atoms with van der Waals surface area (Å²) in [5.74, 6) is 0. The van der Waals surface area contributed by atoms with E-state index in [1.54, 1.807) is 5.70 Å². The summed E-state index contributed by atoms with van der Waals surface area (Å²) in [6.45, 7) is 14.5. The van der Waals surface area contributed by atoms with Gasteiger partial charge < -0.3 is 17.7 Å². The van der Waals surface area contributed by atoms with Crippen LogP contribution in [0, 0.1) is 0 Å². The van der Waals surface area contributed by atoms with Crippen molar-refractivity contribution in [3.8, 4) is 0 Å². The molecule has 1 saturated heterocycles. The van der Waals surface area contributed by atoms with E-state index < -0.39 is 17.8 Å². The van der Waals surface area contributed by atoms with Crippen LogP contribution in [0.25, 0.3) is 0 Å². The van der Waals surface area contributed by atoms with E-state index in [9.17, 15) is 0 Å². The highest BCUT2D eigenvalue weighted by atomic mass is 28.4. The zero-order valence-corrected chi connectivity index (χ0v) is 15.1. The Labute approximate surface area is 121 Å². The molecule has 0 aromatic rings. The van der Waals surface area contributed by atoms with Gasteiger partial charge in [-0.3, -0.25) is 0 Å². The molecule has 1 rings (SSSR count). The van der Waals surface area contributed by atoms with Crippen LogP contribution in [0.3, 0.4) is 0 Å². The fourth-order valence-corrected chi connectivity index (χ4v) is 5.22. The highest BCUT2D eigenvalue weighted by Gasteiger charge is 2.36. The van der Waals surface area contributed by atoms with Gasteiger partial charge in [0.2, 0.25) is 0 Å². The monoisotopic (exact) mass is 306 g/mol. The normalized spacial score (nSPS) is 19.5. The molecule has 0 amide bonds. The molecule has 19 heavy (non-hydrogen) atoms. The van der Waals surface area contributed by atoms with E-state index >= 15 is 0 Å². The molecule has 114 valence electrons. The van der Waals surface area contributed by atoms with Gasteiger partial charge in [-0.05, 0) is 45.5 Å². The minimum Gasteiger partial charge on any atom is -0.420 e. The van der Waals surface area contributed by atoms with Crippen molar-refractivity contribution in [2.24, 2.45) is 0 Å². The highest BCUT2D eigenvalue weighted by molar-refractivity contribution is 6.66. The Bertz CT molecular complexity index is 204. The topological polar surface area (TPSA) is 36.9 Å². The Morgan fingerprint density at radius 3 is 1.84 bits per heavy atom. The van der Waals surface area contributed by atoms with Crippen LogP contribution in [0.2, 0.25) is 12.6 Å². The third-order valence-electron chi connectivity index (χ3n) is 2.69. The smallest absolute Gasteiger partial charge is 0.420 e. The minimum absolute atomic E-state index is 0.595. The Hall–Kier alpha value is 0.0138. The summed E-state index contributed by atoms with van der Waals surface area (Å²) in [5.41, 5.74) is 1.67. The summed E-state index contributed by atoms with van der Waals surface area (Å²) in [4.78, 5) is 0. The molecular formula is C13H30O4Si2. The largest absolute Gasteiger partial charge is 0.528 e. The Balaban J connectivity index is 0.000000388. The first kappa shape index (κ1) is 19.0. The molecule has 1 fully saturated rings. The van der Waals surface area contributed by atoms with Crippen LogP contribution in [0.15, 0.2) is 12.3 Å². The molecular weight excluding hydrogens is 276 g/mol. The van der Waals surface area contributed by atoms with Gasteiger partial charge in [0.1, 0.15) is 0 Å². The lowest BCUT2D eigenvalue weighted by atomic mass is 10.4. The molecule has 1 atom stereocenters. The van der Waals surface area contributed by atoms with Crippen molar-refractivity contribution < 1.29 is 17.7 Å². The van der Waals surface area contributed by atoms with Gasteiger partial charge in [-0.1, -0.05) is 13.0 Å². The first-order chi connectivity index (χ1) is 9.14. The lowest BCUT2D eigenvalue weighted by Gasteiger charge is -2.24. The summed E-state index contributed by atoms with van der Waals surface area (Å²) in [6.07, 6.45) is 2.73. The van der Waals surface area contributed by atoms with Gasteiger partial charge in [-0.2, -0.15) is 0 Å². The fraction of sp³-hybridized carbons (Fsp3) is 0.846. The second-order valence-electron chi connectivity index (χ2n) is 4.28. The maximum absolute atomic E-state index is 5.44. The maximum atomic E-state index is 5.44. The molecule has 1 aliphatic rings. The number of rotatable bonds is 7. The lowest BCUT2D eigenvalue weighted by molar-refractivity contribution is 0.0844. The molecule has 6 heteroatoms. The summed E-state index contributed by atoms with van der Waals surface area (Å²) in [5, 5.41) is 0. The van der Waals surface area contributed by atoms with Gasteiger partial charge in [-0.25, -0.2) is 0 Å². The Kier molecular flexibility index (Phi) is 11.8. The second kappa shape index (κ2) is 11.8. The van der Waals surface area contributed by atoms with Crippen LogP contribution in [0.5, 0.6) is 0 Å². The van der Waals surface area contributed by atoms with Crippen molar-refractivity contribution in [3.05, 3.63) is 12.3 Å². The van der Waals surface area contributed by atoms with E-state index in [2.05, 4.69) is 13.1 Å². The van der Waals surface area contributed by atoms with Crippen molar-refractivity contribution in [2.75, 3.05) is 26.4 Å². The summed E-state index contributed by atoms with van der Waals surface area (Å²) in [6, 6.07) is 1.40. The summed E-state index contributed by atoms with van der Waals surface area (Å²) < 4.78 is 21.7. The van der Waals surface area contributed by atoms with Crippen LogP contribution in [0.4, 0.5) is 0 Å². The van der Waals surface area contributed by atoms with Crippen LogP contribution in [-0.4, -0.2) is 44.3 Å². The first-order valence-electron chi connectivity index (χ1n) is 7.31. The lowest BCUT2D eigenvalue weighted by Crippen LogP contribution is -2.44. The van der Waals surface area contributed by atoms with Crippen LogP contribution >= 0.6 is 0 Å². The molecule has 0 spiro atoms. The molecule has 0 aromatic carbocycles. The molecule has 0 bridgehead atoms. The van der Waals surface area contributed by atoms with E-state index in [-0.39, 0.29) is 0 Å². The van der Waals surface area contributed by atoms with Crippen LogP contribution < -0.4 is 0 Å². The predicted molar refractivity (Wildman–Crippen MR) is 83.8 cm³/mol.